The summed E-state index contributed by atoms with van der Waals surface area (Å²) >= 11 is 0. The van der Waals surface area contributed by atoms with E-state index in [0.717, 1.165) is 11.4 Å². The smallest absolute Gasteiger partial charge is 0.436 e. The molecule has 6 heteroatoms. The minimum atomic E-state index is -1.83. The maximum Gasteiger partial charge on any atom is 3.00 e. The first-order valence-corrected chi connectivity index (χ1v) is 16.1. The van der Waals surface area contributed by atoms with E-state index in [0.29, 0.717) is 0 Å². The van der Waals surface area contributed by atoms with Gasteiger partial charge in [-0.05, 0) is 63.2 Å². The van der Waals surface area contributed by atoms with Crippen LogP contribution in [0.25, 0.3) is 11.4 Å². The SMILES string of the molecule is Cc1cccc(C)c1B1N(C)c2ccc[c-]c2-c2nccn21.[CH2-][P+](c1[c-]cccc1)(c1ccccc1)c1ccccc1.[Ir+3]. The van der Waals surface area contributed by atoms with Crippen molar-refractivity contribution in [2.75, 3.05) is 11.9 Å². The summed E-state index contributed by atoms with van der Waals surface area (Å²) in [6.45, 7) is 9.15. The average molecular weight is 754 g/mol. The van der Waals surface area contributed by atoms with Gasteiger partial charge >= 0.3 is 27.1 Å². The van der Waals surface area contributed by atoms with Crippen molar-refractivity contribution in [1.29, 1.82) is 0 Å². The fourth-order valence-corrected chi connectivity index (χ4v) is 8.76. The van der Waals surface area contributed by atoms with Crippen molar-refractivity contribution in [3.63, 3.8) is 0 Å². The van der Waals surface area contributed by atoms with Gasteiger partial charge in [0.15, 0.2) is 0 Å². The van der Waals surface area contributed by atoms with E-state index in [-0.39, 0.29) is 27.1 Å². The van der Waals surface area contributed by atoms with Crippen molar-refractivity contribution in [2.45, 2.75) is 13.8 Å². The Balaban J connectivity index is 0.000000168. The monoisotopic (exact) mass is 754 g/mol. The Kier molecular flexibility index (Phi) is 9.47. The van der Waals surface area contributed by atoms with Crippen LogP contribution in [0.1, 0.15) is 11.1 Å². The molecule has 1 aromatic heterocycles. The fraction of sp³-hybridized carbons (Fsp3) is 0.0811. The van der Waals surface area contributed by atoms with Crippen LogP contribution in [0.3, 0.4) is 0 Å². The summed E-state index contributed by atoms with van der Waals surface area (Å²) in [4.78, 5) is 6.89. The number of rotatable bonds is 4. The van der Waals surface area contributed by atoms with Gasteiger partial charge in [0.2, 0.25) is 0 Å². The quantitative estimate of drug-likeness (QED) is 0.121. The first-order valence-electron chi connectivity index (χ1n) is 14.1. The van der Waals surface area contributed by atoms with Crippen LogP contribution in [-0.4, -0.2) is 23.5 Å². The van der Waals surface area contributed by atoms with E-state index in [4.69, 9.17) is 0 Å². The Morgan fingerprint density at radius 2 is 1.33 bits per heavy atom. The van der Waals surface area contributed by atoms with Gasteiger partial charge in [0.25, 0.3) is 0 Å². The maximum absolute atomic E-state index is 4.66. The number of hydrogen-bond acceptors (Lipinski definition) is 2. The molecule has 2 heterocycles. The topological polar surface area (TPSA) is 21.1 Å². The van der Waals surface area contributed by atoms with E-state index >= 15 is 0 Å². The van der Waals surface area contributed by atoms with Gasteiger partial charge in [0, 0.05) is 18.2 Å². The molecule has 0 saturated carbocycles. The molecule has 3 nitrogen and oxygen atoms in total. The first kappa shape index (κ1) is 30.7. The van der Waals surface area contributed by atoms with E-state index < -0.39 is 7.26 Å². The van der Waals surface area contributed by atoms with Gasteiger partial charge in [0.1, 0.15) is 0 Å². The van der Waals surface area contributed by atoms with Crippen molar-refractivity contribution in [3.8, 4) is 11.4 Å². The molecule has 7 rings (SSSR count). The predicted molar refractivity (Wildman–Crippen MR) is 181 cm³/mol. The van der Waals surface area contributed by atoms with Crippen LogP contribution in [0.5, 0.6) is 0 Å². The number of imidazole rings is 1. The summed E-state index contributed by atoms with van der Waals surface area (Å²) in [5, 5.41) is 3.76. The zero-order valence-corrected chi connectivity index (χ0v) is 27.9. The van der Waals surface area contributed by atoms with Crippen molar-refractivity contribution >= 4 is 41.3 Å². The van der Waals surface area contributed by atoms with Crippen molar-refractivity contribution in [1.82, 2.24) is 9.46 Å². The molecule has 0 unspecified atom stereocenters. The maximum atomic E-state index is 4.66. The molecule has 0 radical (unpaired) electrons. The third-order valence-electron chi connectivity index (χ3n) is 8.03. The molecule has 0 fully saturated rings. The van der Waals surface area contributed by atoms with Crippen LogP contribution in [0, 0.1) is 32.6 Å². The first-order chi connectivity index (χ1) is 20.5. The Bertz CT molecular complexity index is 1670. The van der Waals surface area contributed by atoms with Crippen LogP contribution >= 0.6 is 7.26 Å². The van der Waals surface area contributed by atoms with Gasteiger partial charge in [-0.2, -0.15) is 24.9 Å². The molecule has 0 atom stereocenters. The molecule has 0 saturated heterocycles. The zero-order valence-electron chi connectivity index (χ0n) is 24.6. The largest absolute Gasteiger partial charge is 3.00 e. The number of aryl methyl sites for hydroxylation is 2. The summed E-state index contributed by atoms with van der Waals surface area (Å²) in [7, 11) is 0.313. The Morgan fingerprint density at radius 3 is 1.93 bits per heavy atom. The molecule has 5 aromatic carbocycles. The molecule has 1 aliphatic rings. The standard InChI is InChI=1S/C19H16P.C18H17BN3.Ir/c1-20(17-11-5-2-6-12-17,18-13-7-3-8-14-18)19-15-9-4-10-16-19;1-13-7-6-8-14(2)17(13)19-21(3)16-10-5-4-9-15(16)18-20-11-12-22(18)19;/h2-15H,1H2;4-8,10-12H,1-3H3;/q2*-1;+3. The number of fused-ring (bicyclic) bond motifs is 3. The molecule has 0 N–H and O–H groups in total. The van der Waals surface area contributed by atoms with Gasteiger partial charge in [-0.3, -0.25) is 4.98 Å². The molecular formula is C37H33BIrN3P+. The van der Waals surface area contributed by atoms with Crippen LogP contribution < -0.4 is 26.2 Å². The molecule has 0 spiro atoms. The summed E-state index contributed by atoms with van der Waals surface area (Å²) in [6, 6.07) is 48.7. The third kappa shape index (κ3) is 5.78. The summed E-state index contributed by atoms with van der Waals surface area (Å²) in [5.74, 6) is 0.987. The number of nitrogens with zero attached hydrogens (tertiary/aromatic N) is 3. The second kappa shape index (κ2) is 13.3. The van der Waals surface area contributed by atoms with Crippen LogP contribution in [0.4, 0.5) is 5.69 Å². The molecule has 212 valence electrons. The van der Waals surface area contributed by atoms with Crippen LogP contribution in [-0.2, 0) is 20.1 Å². The van der Waals surface area contributed by atoms with E-state index in [2.05, 4.69) is 145 Å². The second-order valence-electron chi connectivity index (χ2n) is 10.6. The number of hydrogen-bond donors (Lipinski definition) is 0. The number of aromatic nitrogens is 2. The number of benzene rings is 5. The second-order valence-corrected chi connectivity index (χ2v) is 13.7. The average Bonchev–Trinajstić information content (AvgIpc) is 3.54. The van der Waals surface area contributed by atoms with Gasteiger partial charge in [-0.25, -0.2) is 0 Å². The molecule has 0 aliphatic carbocycles. The van der Waals surface area contributed by atoms with Crippen LogP contribution in [0.15, 0.2) is 134 Å². The van der Waals surface area contributed by atoms with E-state index in [1.807, 2.05) is 42.6 Å². The van der Waals surface area contributed by atoms with Crippen molar-refractivity contribution in [3.05, 3.63) is 164 Å². The van der Waals surface area contributed by atoms with Crippen LogP contribution in [0.2, 0.25) is 0 Å². The Labute approximate surface area is 270 Å². The number of anilines is 1. The Hall–Kier alpha value is -3.75. The minimum Gasteiger partial charge on any atom is -0.436 e. The van der Waals surface area contributed by atoms with Crippen molar-refractivity contribution < 1.29 is 20.1 Å². The fourth-order valence-electron chi connectivity index (χ4n) is 5.90. The molecule has 43 heavy (non-hydrogen) atoms. The molecule has 0 bridgehead atoms. The van der Waals surface area contributed by atoms with E-state index in [1.54, 1.807) is 0 Å². The zero-order chi connectivity index (χ0) is 29.1. The molecule has 1 aliphatic heterocycles. The molecule has 6 aromatic rings. The summed E-state index contributed by atoms with van der Waals surface area (Å²) in [6.07, 6.45) is 3.94. The van der Waals surface area contributed by atoms with E-state index in [1.165, 1.54) is 38.2 Å². The van der Waals surface area contributed by atoms with Gasteiger partial charge in [-0.1, -0.05) is 77.0 Å². The minimum absolute atomic E-state index is 0. The molecular weight excluding hydrogens is 720 g/mol. The van der Waals surface area contributed by atoms with Gasteiger partial charge in [-0.15, -0.1) is 36.4 Å². The van der Waals surface area contributed by atoms with Crippen molar-refractivity contribution in [2.24, 2.45) is 0 Å². The predicted octanol–water partition coefficient (Wildman–Crippen LogP) is 6.23. The van der Waals surface area contributed by atoms with Gasteiger partial charge < -0.3 is 9.29 Å². The normalized spacial score (nSPS) is 11.9. The third-order valence-corrected chi connectivity index (χ3v) is 11.5. The Morgan fingerprint density at radius 1 is 0.721 bits per heavy atom. The molecule has 0 amide bonds. The summed E-state index contributed by atoms with van der Waals surface area (Å²) < 4.78 is 2.24. The van der Waals surface area contributed by atoms with Gasteiger partial charge in [0.05, 0.1) is 10.6 Å². The van der Waals surface area contributed by atoms with E-state index in [9.17, 15) is 0 Å². The summed E-state index contributed by atoms with van der Waals surface area (Å²) in [5.41, 5.74) is 6.20.